The van der Waals surface area contributed by atoms with Crippen LogP contribution in [-0.4, -0.2) is 28.3 Å². The molecule has 0 aromatic carbocycles. The van der Waals surface area contributed by atoms with Crippen molar-refractivity contribution in [3.8, 4) is 10.6 Å². The van der Waals surface area contributed by atoms with E-state index in [4.69, 9.17) is 11.6 Å². The largest absolute Gasteiger partial charge is 0.355 e. The van der Waals surface area contributed by atoms with Crippen LogP contribution in [-0.2, 0) is 11.2 Å². The Morgan fingerprint density at radius 1 is 1.59 bits per heavy atom. The number of nitrogens with zero attached hydrogens (tertiary/aromatic N) is 1. The first kappa shape index (κ1) is 12.1. The van der Waals surface area contributed by atoms with E-state index in [0.29, 0.717) is 6.54 Å². The number of thiophene rings is 1. The van der Waals surface area contributed by atoms with Gasteiger partial charge in [0.05, 0.1) is 11.2 Å². The normalized spacial score (nSPS) is 10.4. The zero-order valence-corrected chi connectivity index (χ0v) is 10.6. The van der Waals surface area contributed by atoms with Gasteiger partial charge in [-0.2, -0.15) is 0 Å². The van der Waals surface area contributed by atoms with Gasteiger partial charge in [0.25, 0.3) is 0 Å². The van der Waals surface area contributed by atoms with Crippen molar-refractivity contribution in [2.75, 3.05) is 12.4 Å². The Kier molecular flexibility index (Phi) is 4.17. The zero-order chi connectivity index (χ0) is 12.1. The van der Waals surface area contributed by atoms with Crippen LogP contribution in [0.25, 0.3) is 10.6 Å². The van der Waals surface area contributed by atoms with Crippen molar-refractivity contribution < 1.29 is 4.79 Å². The third-order valence-electron chi connectivity index (χ3n) is 2.29. The van der Waals surface area contributed by atoms with Crippen LogP contribution in [0, 0.1) is 0 Å². The summed E-state index contributed by atoms with van der Waals surface area (Å²) in [6.07, 6.45) is 2.39. The second-order valence-electron chi connectivity index (χ2n) is 3.44. The van der Waals surface area contributed by atoms with Crippen LogP contribution in [0.3, 0.4) is 0 Å². The van der Waals surface area contributed by atoms with E-state index in [1.807, 2.05) is 17.5 Å². The van der Waals surface area contributed by atoms with Gasteiger partial charge >= 0.3 is 0 Å². The quantitative estimate of drug-likeness (QED) is 0.816. The minimum Gasteiger partial charge on any atom is -0.355 e. The van der Waals surface area contributed by atoms with Crippen molar-refractivity contribution >= 4 is 28.8 Å². The van der Waals surface area contributed by atoms with Gasteiger partial charge in [-0.3, -0.25) is 4.79 Å². The molecule has 0 unspecified atom stereocenters. The molecule has 2 rings (SSSR count). The number of hydrogen-bond acceptors (Lipinski definition) is 3. The maximum atomic E-state index is 11.0. The molecule has 0 radical (unpaired) electrons. The van der Waals surface area contributed by atoms with Crippen molar-refractivity contribution in [1.82, 2.24) is 15.3 Å². The molecule has 4 nitrogen and oxygen atoms in total. The lowest BCUT2D eigenvalue weighted by Crippen LogP contribution is -2.26. The second-order valence-corrected chi connectivity index (χ2v) is 4.66. The minimum absolute atomic E-state index is 0.000752. The molecule has 0 spiro atoms. The first-order valence-corrected chi connectivity index (χ1v) is 6.61. The van der Waals surface area contributed by atoms with Crippen LogP contribution >= 0.6 is 22.9 Å². The van der Waals surface area contributed by atoms with E-state index in [2.05, 4.69) is 15.3 Å². The van der Waals surface area contributed by atoms with Crippen LogP contribution in [0.5, 0.6) is 0 Å². The Morgan fingerprint density at radius 3 is 3.18 bits per heavy atom. The Hall–Kier alpha value is -1.33. The molecule has 6 heteroatoms. The molecule has 2 aromatic heterocycles. The van der Waals surface area contributed by atoms with Crippen molar-refractivity contribution in [3.05, 3.63) is 29.5 Å². The number of halogens is 1. The number of H-pyrrole nitrogens is 1. The molecular weight excluding hydrogens is 258 g/mol. The maximum absolute atomic E-state index is 11.0. The molecule has 0 aliphatic rings. The van der Waals surface area contributed by atoms with E-state index < -0.39 is 0 Å². The highest BCUT2D eigenvalue weighted by Gasteiger charge is 2.09. The molecule has 0 fully saturated rings. The summed E-state index contributed by atoms with van der Waals surface area (Å²) in [7, 11) is 0. The van der Waals surface area contributed by atoms with E-state index in [1.165, 1.54) is 0 Å². The lowest BCUT2D eigenvalue weighted by molar-refractivity contribution is -0.118. The van der Waals surface area contributed by atoms with Gasteiger partial charge in [0.1, 0.15) is 11.6 Å². The summed E-state index contributed by atoms with van der Waals surface area (Å²) in [4.78, 5) is 19.5. The molecule has 0 bridgehead atoms. The van der Waals surface area contributed by atoms with Gasteiger partial charge in [-0.15, -0.1) is 22.9 Å². The van der Waals surface area contributed by atoms with Gasteiger partial charge in [0.15, 0.2) is 0 Å². The van der Waals surface area contributed by atoms with Crippen molar-refractivity contribution in [1.29, 1.82) is 0 Å². The Morgan fingerprint density at radius 2 is 2.47 bits per heavy atom. The Labute approximate surface area is 108 Å². The third kappa shape index (κ3) is 3.08. The van der Waals surface area contributed by atoms with E-state index in [-0.39, 0.29) is 11.8 Å². The fourth-order valence-corrected chi connectivity index (χ4v) is 2.35. The number of rotatable bonds is 5. The van der Waals surface area contributed by atoms with Crippen LogP contribution in [0.1, 0.15) is 5.69 Å². The van der Waals surface area contributed by atoms with Gasteiger partial charge in [-0.25, -0.2) is 4.98 Å². The van der Waals surface area contributed by atoms with Crippen LogP contribution in [0.4, 0.5) is 0 Å². The number of aromatic amines is 1. The van der Waals surface area contributed by atoms with Crippen LogP contribution in [0.2, 0.25) is 0 Å². The molecular formula is C11H12ClN3OS. The summed E-state index contributed by atoms with van der Waals surface area (Å²) in [6, 6.07) is 4.02. The summed E-state index contributed by atoms with van der Waals surface area (Å²) < 4.78 is 0. The highest BCUT2D eigenvalue weighted by atomic mass is 35.5. The highest BCUT2D eigenvalue weighted by Crippen LogP contribution is 2.25. The lowest BCUT2D eigenvalue weighted by atomic mass is 10.2. The summed E-state index contributed by atoms with van der Waals surface area (Å²) in [6.45, 7) is 0.562. The van der Waals surface area contributed by atoms with E-state index >= 15 is 0 Å². The predicted octanol–water partition coefficient (Wildman–Crippen LogP) is 2.04. The molecule has 0 saturated heterocycles. The van der Waals surface area contributed by atoms with Gasteiger partial charge in [0, 0.05) is 18.7 Å². The first-order valence-electron chi connectivity index (χ1n) is 5.20. The molecule has 0 atom stereocenters. The van der Waals surface area contributed by atoms with Gasteiger partial charge in [-0.05, 0) is 11.4 Å². The highest BCUT2D eigenvalue weighted by molar-refractivity contribution is 7.13. The summed E-state index contributed by atoms with van der Waals surface area (Å²) in [5.74, 6) is -0.148. The number of amides is 1. The predicted molar refractivity (Wildman–Crippen MR) is 69.3 cm³/mol. The summed E-state index contributed by atoms with van der Waals surface area (Å²) >= 11 is 7.04. The Balaban J connectivity index is 1.98. The van der Waals surface area contributed by atoms with Crippen LogP contribution < -0.4 is 5.32 Å². The Bertz CT molecular complexity index is 481. The van der Waals surface area contributed by atoms with E-state index in [1.54, 1.807) is 17.7 Å². The number of carbonyl (C=O) groups is 1. The fourth-order valence-electron chi connectivity index (χ4n) is 1.51. The maximum Gasteiger partial charge on any atom is 0.234 e. The standard InChI is InChI=1S/C11H12ClN3OS/c12-6-10(16)13-4-3-8-11(15-7-14-8)9-2-1-5-17-9/h1-2,5,7H,3-4,6H2,(H,13,16)(H,14,15). The van der Waals surface area contributed by atoms with Crippen molar-refractivity contribution in [2.45, 2.75) is 6.42 Å². The molecule has 0 aliphatic carbocycles. The summed E-state index contributed by atoms with van der Waals surface area (Å²) in [5, 5.41) is 4.74. The van der Waals surface area contributed by atoms with Crippen molar-refractivity contribution in [2.24, 2.45) is 0 Å². The van der Waals surface area contributed by atoms with Crippen molar-refractivity contribution in [3.63, 3.8) is 0 Å². The number of alkyl halides is 1. The average molecular weight is 270 g/mol. The molecule has 2 heterocycles. The number of hydrogen-bond donors (Lipinski definition) is 2. The SMILES string of the molecule is O=C(CCl)NCCc1[nH]cnc1-c1cccs1. The van der Waals surface area contributed by atoms with E-state index in [9.17, 15) is 4.79 Å². The first-order chi connectivity index (χ1) is 8.31. The third-order valence-corrected chi connectivity index (χ3v) is 3.41. The smallest absolute Gasteiger partial charge is 0.234 e. The molecule has 2 N–H and O–H groups in total. The van der Waals surface area contributed by atoms with E-state index in [0.717, 1.165) is 22.7 Å². The monoisotopic (exact) mass is 269 g/mol. The number of aromatic nitrogens is 2. The number of imidazole rings is 1. The molecule has 1 amide bonds. The molecule has 0 saturated carbocycles. The topological polar surface area (TPSA) is 57.8 Å². The summed E-state index contributed by atoms with van der Waals surface area (Å²) in [5.41, 5.74) is 1.99. The average Bonchev–Trinajstić information content (AvgIpc) is 2.98. The number of carbonyl (C=O) groups excluding carboxylic acids is 1. The van der Waals surface area contributed by atoms with Crippen LogP contribution in [0.15, 0.2) is 23.8 Å². The lowest BCUT2D eigenvalue weighted by Gasteiger charge is -2.03. The second kappa shape index (κ2) is 5.84. The number of nitrogens with one attached hydrogen (secondary N) is 2. The van der Waals surface area contributed by atoms with Gasteiger partial charge in [0.2, 0.25) is 5.91 Å². The molecule has 0 aliphatic heterocycles. The fraction of sp³-hybridized carbons (Fsp3) is 0.273. The zero-order valence-electron chi connectivity index (χ0n) is 9.07. The molecule has 2 aromatic rings. The molecule has 90 valence electrons. The van der Waals surface area contributed by atoms with Gasteiger partial charge in [-0.1, -0.05) is 6.07 Å². The minimum atomic E-state index is -0.149. The molecule has 17 heavy (non-hydrogen) atoms. The van der Waals surface area contributed by atoms with Gasteiger partial charge < -0.3 is 10.3 Å².